The molecule has 1 N–H and O–H groups in total. The Kier molecular flexibility index (Phi) is 7.40. The zero-order chi connectivity index (χ0) is 24.1. The fourth-order valence-corrected chi connectivity index (χ4v) is 4.92. The minimum atomic E-state index is -1.00. The second-order valence-electron chi connectivity index (χ2n) is 7.92. The average Bonchev–Trinajstić information content (AvgIpc) is 3.34. The molecule has 0 aliphatic heterocycles. The molecule has 1 aromatic heterocycles. The van der Waals surface area contributed by atoms with Gasteiger partial charge < -0.3 is 5.11 Å². The standard InChI is InChI=1S/C27H23ClN2O3S/c1-30(26(33)19(16-25(31)32)15-18-9-3-2-4-10-18)27-29-24(17-34-27)22-13-6-5-11-20(22)21-12-7-8-14-23(21)28/h2-14,17,19H,15-16H2,1H3,(H,31,32)/t19-/m1/s1. The number of nitrogens with zero attached hydrogens (tertiary/aromatic N) is 2. The Bertz CT molecular complexity index is 1310. The average molecular weight is 491 g/mol. The van der Waals surface area contributed by atoms with Crippen molar-refractivity contribution in [2.24, 2.45) is 5.92 Å². The van der Waals surface area contributed by atoms with Gasteiger partial charge in [-0.05, 0) is 23.6 Å². The number of carbonyl (C=O) groups is 2. The van der Waals surface area contributed by atoms with Crippen LogP contribution in [0.1, 0.15) is 12.0 Å². The van der Waals surface area contributed by atoms with Crippen LogP contribution in [0.5, 0.6) is 0 Å². The number of anilines is 1. The van der Waals surface area contributed by atoms with E-state index in [1.165, 1.54) is 16.2 Å². The molecular formula is C27H23ClN2O3S. The van der Waals surface area contributed by atoms with E-state index in [0.29, 0.717) is 16.6 Å². The highest BCUT2D eigenvalue weighted by molar-refractivity contribution is 7.14. The number of carbonyl (C=O) groups excluding carboxylic acids is 1. The third-order valence-corrected chi connectivity index (χ3v) is 6.82. The number of carboxylic acid groups (broad SMARTS) is 1. The lowest BCUT2D eigenvalue weighted by Crippen LogP contribution is -2.35. The lowest BCUT2D eigenvalue weighted by molar-refractivity contribution is -0.140. The van der Waals surface area contributed by atoms with Gasteiger partial charge in [-0.1, -0.05) is 84.4 Å². The van der Waals surface area contributed by atoms with E-state index in [1.807, 2.05) is 84.2 Å². The fraction of sp³-hybridized carbons (Fsp3) is 0.148. The van der Waals surface area contributed by atoms with E-state index in [0.717, 1.165) is 27.9 Å². The van der Waals surface area contributed by atoms with Crippen molar-refractivity contribution in [1.82, 2.24) is 4.98 Å². The van der Waals surface area contributed by atoms with Crippen LogP contribution in [-0.2, 0) is 16.0 Å². The van der Waals surface area contributed by atoms with Crippen molar-refractivity contribution in [2.45, 2.75) is 12.8 Å². The van der Waals surface area contributed by atoms with E-state index >= 15 is 0 Å². The van der Waals surface area contributed by atoms with Crippen LogP contribution in [0, 0.1) is 5.92 Å². The number of rotatable bonds is 8. The molecule has 4 aromatic rings. The van der Waals surface area contributed by atoms with Crippen molar-refractivity contribution in [3.63, 3.8) is 0 Å². The molecule has 5 nitrogen and oxygen atoms in total. The monoisotopic (exact) mass is 490 g/mol. The topological polar surface area (TPSA) is 70.5 Å². The molecule has 172 valence electrons. The molecule has 0 bridgehead atoms. The molecule has 1 atom stereocenters. The molecule has 0 saturated heterocycles. The van der Waals surface area contributed by atoms with Crippen molar-refractivity contribution in [2.75, 3.05) is 11.9 Å². The molecule has 3 aromatic carbocycles. The second-order valence-corrected chi connectivity index (χ2v) is 9.17. The molecule has 0 radical (unpaired) electrons. The molecule has 0 unspecified atom stereocenters. The summed E-state index contributed by atoms with van der Waals surface area (Å²) in [4.78, 5) is 30.9. The Hall–Kier alpha value is -3.48. The van der Waals surface area contributed by atoms with Gasteiger partial charge in [0.1, 0.15) is 0 Å². The van der Waals surface area contributed by atoms with Crippen molar-refractivity contribution >= 4 is 39.9 Å². The summed E-state index contributed by atoms with van der Waals surface area (Å²) in [6.07, 6.45) is 0.107. The number of aliphatic carboxylic acids is 1. The number of halogens is 1. The first-order valence-electron chi connectivity index (χ1n) is 10.8. The van der Waals surface area contributed by atoms with Crippen molar-refractivity contribution in [1.29, 1.82) is 0 Å². The summed E-state index contributed by atoms with van der Waals surface area (Å²) in [5, 5.41) is 12.4. The summed E-state index contributed by atoms with van der Waals surface area (Å²) in [6.45, 7) is 0. The van der Waals surface area contributed by atoms with Gasteiger partial charge in [-0.15, -0.1) is 11.3 Å². The van der Waals surface area contributed by atoms with E-state index in [9.17, 15) is 14.7 Å². The Morgan fingerprint density at radius 2 is 1.56 bits per heavy atom. The summed E-state index contributed by atoms with van der Waals surface area (Å²) in [5.41, 5.74) is 4.41. The van der Waals surface area contributed by atoms with Gasteiger partial charge in [0.25, 0.3) is 0 Å². The lowest BCUT2D eigenvalue weighted by Gasteiger charge is -2.21. The molecule has 0 aliphatic carbocycles. The fourth-order valence-electron chi connectivity index (χ4n) is 3.89. The Morgan fingerprint density at radius 1 is 0.941 bits per heavy atom. The van der Waals surface area contributed by atoms with Gasteiger partial charge in [-0.3, -0.25) is 14.5 Å². The highest BCUT2D eigenvalue weighted by atomic mass is 35.5. The molecule has 0 saturated carbocycles. The van der Waals surface area contributed by atoms with Crippen LogP contribution < -0.4 is 4.90 Å². The van der Waals surface area contributed by atoms with Crippen LogP contribution >= 0.6 is 22.9 Å². The van der Waals surface area contributed by atoms with Gasteiger partial charge in [0.2, 0.25) is 5.91 Å². The minimum Gasteiger partial charge on any atom is -0.481 e. The largest absolute Gasteiger partial charge is 0.481 e. The van der Waals surface area contributed by atoms with E-state index in [4.69, 9.17) is 16.6 Å². The van der Waals surface area contributed by atoms with Crippen molar-refractivity contribution in [3.05, 3.63) is 94.8 Å². The Balaban J connectivity index is 1.61. The van der Waals surface area contributed by atoms with Gasteiger partial charge in [0, 0.05) is 28.6 Å². The van der Waals surface area contributed by atoms with Gasteiger partial charge in [0.05, 0.1) is 18.0 Å². The third-order valence-electron chi connectivity index (χ3n) is 5.57. The van der Waals surface area contributed by atoms with Crippen LogP contribution in [0.25, 0.3) is 22.4 Å². The summed E-state index contributed by atoms with van der Waals surface area (Å²) >= 11 is 7.78. The van der Waals surface area contributed by atoms with Gasteiger partial charge in [-0.25, -0.2) is 4.98 Å². The molecule has 1 heterocycles. The van der Waals surface area contributed by atoms with Crippen LogP contribution in [0.4, 0.5) is 5.13 Å². The highest BCUT2D eigenvalue weighted by Crippen LogP contribution is 2.37. The molecular weight excluding hydrogens is 468 g/mol. The molecule has 1 amide bonds. The van der Waals surface area contributed by atoms with E-state index < -0.39 is 11.9 Å². The summed E-state index contributed by atoms with van der Waals surface area (Å²) in [7, 11) is 1.64. The van der Waals surface area contributed by atoms with Crippen molar-refractivity contribution in [3.8, 4) is 22.4 Å². The van der Waals surface area contributed by atoms with Crippen LogP contribution in [0.15, 0.2) is 84.2 Å². The smallest absolute Gasteiger partial charge is 0.304 e. The predicted octanol–water partition coefficient (Wildman–Crippen LogP) is 6.43. The van der Waals surface area contributed by atoms with Crippen LogP contribution in [-0.4, -0.2) is 29.0 Å². The second kappa shape index (κ2) is 10.6. The number of hydrogen-bond acceptors (Lipinski definition) is 4. The first-order valence-corrected chi connectivity index (χ1v) is 12.0. The number of carboxylic acids is 1. The summed E-state index contributed by atoms with van der Waals surface area (Å²) in [5.74, 6) is -1.96. The molecule has 34 heavy (non-hydrogen) atoms. The SMILES string of the molecule is CN(C(=O)[C@@H](CC(=O)O)Cc1ccccc1)c1nc(-c2ccccc2-c2ccccc2Cl)cs1. The van der Waals surface area contributed by atoms with Gasteiger partial charge >= 0.3 is 5.97 Å². The molecule has 0 fully saturated rings. The zero-order valence-electron chi connectivity index (χ0n) is 18.5. The van der Waals surface area contributed by atoms with Crippen molar-refractivity contribution < 1.29 is 14.7 Å². The summed E-state index contributed by atoms with van der Waals surface area (Å²) in [6, 6.07) is 24.9. The van der Waals surface area contributed by atoms with E-state index in [1.54, 1.807) is 7.05 Å². The van der Waals surface area contributed by atoms with Crippen LogP contribution in [0.2, 0.25) is 5.02 Å². The molecule has 0 aliphatic rings. The number of aromatic nitrogens is 1. The number of hydrogen-bond donors (Lipinski definition) is 1. The maximum atomic E-state index is 13.3. The van der Waals surface area contributed by atoms with E-state index in [-0.39, 0.29) is 12.3 Å². The number of amides is 1. The third kappa shape index (κ3) is 5.35. The minimum absolute atomic E-state index is 0.244. The first kappa shape index (κ1) is 23.7. The molecule has 0 spiro atoms. The lowest BCUT2D eigenvalue weighted by atomic mass is 9.95. The Morgan fingerprint density at radius 3 is 2.24 bits per heavy atom. The zero-order valence-corrected chi connectivity index (χ0v) is 20.1. The first-order chi connectivity index (χ1) is 16.4. The molecule has 4 rings (SSSR count). The Labute approximate surface area is 207 Å². The predicted molar refractivity (Wildman–Crippen MR) is 137 cm³/mol. The maximum Gasteiger partial charge on any atom is 0.304 e. The van der Waals surface area contributed by atoms with Gasteiger partial charge in [0.15, 0.2) is 5.13 Å². The van der Waals surface area contributed by atoms with E-state index in [2.05, 4.69) is 0 Å². The molecule has 7 heteroatoms. The van der Waals surface area contributed by atoms with Gasteiger partial charge in [-0.2, -0.15) is 0 Å². The summed E-state index contributed by atoms with van der Waals surface area (Å²) < 4.78 is 0. The number of thiazole rings is 1. The maximum absolute atomic E-state index is 13.3. The normalized spacial score (nSPS) is 11.7. The van der Waals surface area contributed by atoms with Crippen LogP contribution in [0.3, 0.4) is 0 Å². The number of benzene rings is 3. The quantitative estimate of drug-likeness (QED) is 0.309. The highest BCUT2D eigenvalue weighted by Gasteiger charge is 2.27.